The van der Waals surface area contributed by atoms with Crippen LogP contribution >= 0.6 is 15.9 Å². The van der Waals surface area contributed by atoms with Gasteiger partial charge in [-0.2, -0.15) is 0 Å². The Labute approximate surface area is 119 Å². The molecule has 1 aromatic rings. The van der Waals surface area contributed by atoms with Gasteiger partial charge < -0.3 is 15.7 Å². The van der Waals surface area contributed by atoms with Crippen LogP contribution in [0.5, 0.6) is 0 Å². The normalized spacial score (nSPS) is 22.6. The summed E-state index contributed by atoms with van der Waals surface area (Å²) in [6.07, 6.45) is 0.279. The lowest BCUT2D eigenvalue weighted by atomic mass is 10.0. The maximum absolute atomic E-state index is 12.3. The highest BCUT2D eigenvalue weighted by Crippen LogP contribution is 2.23. The number of likely N-dealkylation sites (tertiary alicyclic amines) is 1. The van der Waals surface area contributed by atoms with Crippen LogP contribution in [0, 0.1) is 6.92 Å². The average Bonchev–Trinajstić information content (AvgIpc) is 2.71. The van der Waals surface area contributed by atoms with Crippen molar-refractivity contribution in [2.24, 2.45) is 5.73 Å². The first-order valence-electron chi connectivity index (χ1n) is 5.90. The summed E-state index contributed by atoms with van der Waals surface area (Å²) in [5.74, 6) is -1.24. The van der Waals surface area contributed by atoms with Gasteiger partial charge in [-0.15, -0.1) is 0 Å². The van der Waals surface area contributed by atoms with E-state index in [1.54, 1.807) is 12.1 Å². The fourth-order valence-electron chi connectivity index (χ4n) is 2.22. The number of carboxylic acids is 1. The summed E-state index contributed by atoms with van der Waals surface area (Å²) in [5.41, 5.74) is 5.95. The van der Waals surface area contributed by atoms with E-state index in [1.165, 1.54) is 4.90 Å². The topological polar surface area (TPSA) is 83.6 Å². The lowest BCUT2D eigenvalue weighted by Gasteiger charge is -2.20. The second-order valence-electron chi connectivity index (χ2n) is 4.96. The van der Waals surface area contributed by atoms with Gasteiger partial charge in [0.25, 0.3) is 5.91 Å². The van der Waals surface area contributed by atoms with E-state index in [2.05, 4.69) is 15.9 Å². The van der Waals surface area contributed by atoms with Crippen molar-refractivity contribution in [3.05, 3.63) is 33.8 Å². The Kier molecular flexibility index (Phi) is 3.64. The van der Waals surface area contributed by atoms with E-state index in [1.807, 2.05) is 13.0 Å². The highest BCUT2D eigenvalue weighted by atomic mass is 79.9. The molecule has 0 bridgehead atoms. The number of aliphatic carboxylic acids is 1. The third-order valence-corrected chi connectivity index (χ3v) is 3.76. The molecule has 0 radical (unpaired) electrons. The van der Waals surface area contributed by atoms with Gasteiger partial charge in [-0.1, -0.05) is 15.9 Å². The number of amides is 1. The number of carbonyl (C=O) groups is 2. The molecule has 1 saturated heterocycles. The summed E-state index contributed by atoms with van der Waals surface area (Å²) in [4.78, 5) is 24.9. The predicted octanol–water partition coefficient (Wildman–Crippen LogP) is 1.39. The van der Waals surface area contributed by atoms with Gasteiger partial charge in [0.05, 0.1) is 0 Å². The number of hydrogen-bond acceptors (Lipinski definition) is 3. The zero-order valence-corrected chi connectivity index (χ0v) is 12.1. The lowest BCUT2D eigenvalue weighted by molar-refractivity contribution is -0.142. The van der Waals surface area contributed by atoms with Crippen LogP contribution in [0.2, 0.25) is 0 Å². The molecule has 2 rings (SSSR count). The van der Waals surface area contributed by atoms with Crippen molar-refractivity contribution >= 4 is 27.8 Å². The maximum atomic E-state index is 12.3. The van der Waals surface area contributed by atoms with Gasteiger partial charge >= 0.3 is 5.97 Å². The zero-order valence-electron chi connectivity index (χ0n) is 10.5. The van der Waals surface area contributed by atoms with Gasteiger partial charge in [-0.3, -0.25) is 9.59 Å². The second kappa shape index (κ2) is 4.94. The van der Waals surface area contributed by atoms with Gasteiger partial charge in [0.1, 0.15) is 5.54 Å². The maximum Gasteiger partial charge on any atom is 0.325 e. The molecular formula is C13H15BrN2O3. The van der Waals surface area contributed by atoms with Crippen molar-refractivity contribution in [3.63, 3.8) is 0 Å². The van der Waals surface area contributed by atoms with Crippen molar-refractivity contribution < 1.29 is 14.7 Å². The number of aryl methyl sites for hydroxylation is 1. The van der Waals surface area contributed by atoms with Crippen LogP contribution in [0.3, 0.4) is 0 Å². The molecule has 0 saturated carbocycles. The number of nitrogens with zero attached hydrogens (tertiary/aromatic N) is 1. The van der Waals surface area contributed by atoms with E-state index in [0.29, 0.717) is 12.1 Å². The molecule has 102 valence electrons. The number of halogens is 1. The minimum Gasteiger partial charge on any atom is -0.480 e. The number of hydrogen-bond donors (Lipinski definition) is 2. The van der Waals surface area contributed by atoms with Gasteiger partial charge in [-0.05, 0) is 37.1 Å². The Balaban J connectivity index is 2.20. The molecule has 0 aliphatic carbocycles. The van der Waals surface area contributed by atoms with E-state index in [9.17, 15) is 9.59 Å². The quantitative estimate of drug-likeness (QED) is 0.860. The molecule has 0 spiro atoms. The van der Waals surface area contributed by atoms with E-state index < -0.39 is 11.5 Å². The molecule has 1 aromatic carbocycles. The van der Waals surface area contributed by atoms with E-state index in [-0.39, 0.29) is 18.9 Å². The van der Waals surface area contributed by atoms with Crippen molar-refractivity contribution in [2.75, 3.05) is 13.1 Å². The lowest BCUT2D eigenvalue weighted by Crippen LogP contribution is -2.50. The molecule has 1 aliphatic rings. The molecule has 1 fully saturated rings. The number of benzene rings is 1. The van der Waals surface area contributed by atoms with E-state index in [0.717, 1.165) is 10.0 Å². The first kappa shape index (κ1) is 14.0. The van der Waals surface area contributed by atoms with Crippen LogP contribution in [0.4, 0.5) is 0 Å². The summed E-state index contributed by atoms with van der Waals surface area (Å²) >= 11 is 3.35. The van der Waals surface area contributed by atoms with E-state index >= 15 is 0 Å². The molecule has 1 amide bonds. The molecule has 19 heavy (non-hydrogen) atoms. The van der Waals surface area contributed by atoms with Gasteiger partial charge in [0, 0.05) is 23.1 Å². The Morgan fingerprint density at radius 1 is 1.42 bits per heavy atom. The molecule has 5 nitrogen and oxygen atoms in total. The largest absolute Gasteiger partial charge is 0.480 e. The predicted molar refractivity (Wildman–Crippen MR) is 74.0 cm³/mol. The summed E-state index contributed by atoms with van der Waals surface area (Å²) in [5, 5.41) is 9.06. The third kappa shape index (κ3) is 2.79. The van der Waals surface area contributed by atoms with Crippen molar-refractivity contribution in [1.82, 2.24) is 4.90 Å². The van der Waals surface area contributed by atoms with Crippen LogP contribution in [0.25, 0.3) is 0 Å². The molecule has 1 unspecified atom stereocenters. The number of carboxylic acid groups (broad SMARTS) is 1. The molecule has 3 N–H and O–H groups in total. The molecule has 1 atom stereocenters. The molecule has 1 aliphatic heterocycles. The van der Waals surface area contributed by atoms with Crippen LogP contribution in [0.1, 0.15) is 22.3 Å². The number of carbonyl (C=O) groups excluding carboxylic acids is 1. The standard InChI is InChI=1S/C13H15BrN2O3/c1-8-4-9(6-10(14)5-8)11(17)16-3-2-13(15,7-16)12(18)19/h4-6H,2-3,7,15H2,1H3,(H,18,19). The fraction of sp³-hybridized carbons (Fsp3) is 0.385. The summed E-state index contributed by atoms with van der Waals surface area (Å²) in [7, 11) is 0. The van der Waals surface area contributed by atoms with Crippen LogP contribution in [-0.4, -0.2) is 40.5 Å². The van der Waals surface area contributed by atoms with Crippen LogP contribution in [0.15, 0.2) is 22.7 Å². The van der Waals surface area contributed by atoms with Crippen molar-refractivity contribution in [2.45, 2.75) is 18.9 Å². The molecule has 6 heteroatoms. The average molecular weight is 327 g/mol. The third-order valence-electron chi connectivity index (χ3n) is 3.30. The van der Waals surface area contributed by atoms with Crippen molar-refractivity contribution in [3.8, 4) is 0 Å². The van der Waals surface area contributed by atoms with Crippen LogP contribution in [-0.2, 0) is 4.79 Å². The Morgan fingerprint density at radius 2 is 2.11 bits per heavy atom. The van der Waals surface area contributed by atoms with Gasteiger partial charge in [0.15, 0.2) is 0 Å². The molecule has 0 aromatic heterocycles. The SMILES string of the molecule is Cc1cc(Br)cc(C(=O)N2CCC(N)(C(=O)O)C2)c1. The second-order valence-corrected chi connectivity index (χ2v) is 5.87. The Bertz CT molecular complexity index is 526. The summed E-state index contributed by atoms with van der Waals surface area (Å²) in [6.45, 7) is 2.32. The van der Waals surface area contributed by atoms with Gasteiger partial charge in [-0.25, -0.2) is 0 Å². The highest BCUT2D eigenvalue weighted by Gasteiger charge is 2.43. The zero-order chi connectivity index (χ0) is 14.2. The van der Waals surface area contributed by atoms with Crippen molar-refractivity contribution in [1.29, 1.82) is 0 Å². The number of rotatable bonds is 2. The first-order chi connectivity index (χ1) is 8.82. The monoisotopic (exact) mass is 326 g/mol. The van der Waals surface area contributed by atoms with Crippen LogP contribution < -0.4 is 5.73 Å². The molecule has 1 heterocycles. The smallest absolute Gasteiger partial charge is 0.325 e. The highest BCUT2D eigenvalue weighted by molar-refractivity contribution is 9.10. The minimum absolute atomic E-state index is 0.0483. The summed E-state index contributed by atoms with van der Waals surface area (Å²) in [6, 6.07) is 5.42. The summed E-state index contributed by atoms with van der Waals surface area (Å²) < 4.78 is 0.826. The minimum atomic E-state index is -1.32. The Hall–Kier alpha value is -1.40. The van der Waals surface area contributed by atoms with E-state index in [4.69, 9.17) is 10.8 Å². The fourth-order valence-corrected chi connectivity index (χ4v) is 2.83. The first-order valence-corrected chi connectivity index (χ1v) is 6.70. The number of nitrogens with two attached hydrogens (primary N) is 1. The molecular weight excluding hydrogens is 312 g/mol. The van der Waals surface area contributed by atoms with Gasteiger partial charge in [0.2, 0.25) is 0 Å². The Morgan fingerprint density at radius 3 is 2.63 bits per heavy atom.